The van der Waals surface area contributed by atoms with Crippen molar-refractivity contribution in [1.82, 2.24) is 20.2 Å². The number of aromatic nitrogens is 4. The van der Waals surface area contributed by atoms with E-state index in [9.17, 15) is 5.21 Å². The SMILES string of the molecule is ON(c1ncco1)c1[nH]ncc1-c1c[nH]c2ccccc12. The van der Waals surface area contributed by atoms with Crippen LogP contribution < -0.4 is 5.06 Å². The number of H-pyrrole nitrogens is 2. The molecule has 3 heterocycles. The Morgan fingerprint density at radius 1 is 1.19 bits per heavy atom. The number of benzene rings is 1. The molecular weight excluding hydrogens is 270 g/mol. The van der Waals surface area contributed by atoms with Gasteiger partial charge < -0.3 is 9.40 Å². The van der Waals surface area contributed by atoms with E-state index in [2.05, 4.69) is 20.2 Å². The van der Waals surface area contributed by atoms with E-state index in [1.807, 2.05) is 30.5 Å². The highest BCUT2D eigenvalue weighted by Crippen LogP contribution is 2.35. The number of oxazole rings is 1. The molecule has 4 rings (SSSR count). The van der Waals surface area contributed by atoms with Gasteiger partial charge >= 0.3 is 6.01 Å². The quantitative estimate of drug-likeness (QED) is 0.502. The molecule has 104 valence electrons. The molecule has 0 saturated carbocycles. The maximum absolute atomic E-state index is 10.2. The van der Waals surface area contributed by atoms with Crippen molar-refractivity contribution >= 4 is 22.7 Å². The van der Waals surface area contributed by atoms with E-state index < -0.39 is 0 Å². The number of fused-ring (bicyclic) bond motifs is 1. The highest BCUT2D eigenvalue weighted by molar-refractivity contribution is 5.98. The third-order valence-electron chi connectivity index (χ3n) is 3.31. The van der Waals surface area contributed by atoms with Gasteiger partial charge in [-0.05, 0) is 6.07 Å². The fourth-order valence-corrected chi connectivity index (χ4v) is 2.35. The van der Waals surface area contributed by atoms with Crippen molar-refractivity contribution in [1.29, 1.82) is 0 Å². The molecule has 0 fully saturated rings. The molecule has 3 aromatic heterocycles. The smallest absolute Gasteiger partial charge is 0.328 e. The lowest BCUT2D eigenvalue weighted by atomic mass is 10.1. The molecule has 3 N–H and O–H groups in total. The van der Waals surface area contributed by atoms with E-state index in [1.54, 1.807) is 6.20 Å². The second-order valence-electron chi connectivity index (χ2n) is 4.51. The zero-order valence-corrected chi connectivity index (χ0v) is 10.8. The number of anilines is 2. The van der Waals surface area contributed by atoms with Gasteiger partial charge in [-0.15, -0.1) is 0 Å². The van der Waals surface area contributed by atoms with Crippen LogP contribution in [0.25, 0.3) is 22.0 Å². The molecule has 0 saturated heterocycles. The second kappa shape index (κ2) is 4.50. The molecule has 0 spiro atoms. The Kier molecular flexibility index (Phi) is 2.51. The van der Waals surface area contributed by atoms with Crippen LogP contribution in [0.2, 0.25) is 0 Å². The molecule has 0 aliphatic heterocycles. The van der Waals surface area contributed by atoms with E-state index in [0.717, 1.165) is 27.1 Å². The second-order valence-corrected chi connectivity index (χ2v) is 4.51. The van der Waals surface area contributed by atoms with Crippen molar-refractivity contribution in [2.75, 3.05) is 5.06 Å². The van der Waals surface area contributed by atoms with Gasteiger partial charge in [0.05, 0.1) is 12.4 Å². The molecule has 0 atom stereocenters. The average Bonchev–Trinajstić information content (AvgIpc) is 3.25. The van der Waals surface area contributed by atoms with Crippen LogP contribution in [0.1, 0.15) is 0 Å². The lowest BCUT2D eigenvalue weighted by Crippen LogP contribution is -2.12. The first-order valence-electron chi connectivity index (χ1n) is 6.33. The van der Waals surface area contributed by atoms with Crippen LogP contribution in [0.4, 0.5) is 11.8 Å². The maximum atomic E-state index is 10.2. The number of nitrogens with zero attached hydrogens (tertiary/aromatic N) is 3. The Bertz CT molecular complexity index is 878. The first kappa shape index (κ1) is 11.7. The fourth-order valence-electron chi connectivity index (χ4n) is 2.35. The summed E-state index contributed by atoms with van der Waals surface area (Å²) in [7, 11) is 0. The summed E-state index contributed by atoms with van der Waals surface area (Å²) in [5.41, 5.74) is 2.69. The summed E-state index contributed by atoms with van der Waals surface area (Å²) in [4.78, 5) is 7.11. The van der Waals surface area contributed by atoms with Gasteiger partial charge in [-0.25, -0.2) is 0 Å². The van der Waals surface area contributed by atoms with Crippen molar-refractivity contribution in [3.63, 3.8) is 0 Å². The predicted octanol–water partition coefficient (Wildman–Crippen LogP) is 3.07. The monoisotopic (exact) mass is 281 g/mol. The molecule has 7 nitrogen and oxygen atoms in total. The molecule has 0 bridgehead atoms. The van der Waals surface area contributed by atoms with E-state index in [-0.39, 0.29) is 6.01 Å². The minimum atomic E-state index is 0.0698. The van der Waals surface area contributed by atoms with Crippen LogP contribution in [0.5, 0.6) is 0 Å². The van der Waals surface area contributed by atoms with Gasteiger partial charge in [-0.2, -0.15) is 15.1 Å². The fraction of sp³-hybridized carbons (Fsp3) is 0. The van der Waals surface area contributed by atoms with Crippen LogP contribution in [0, 0.1) is 0 Å². The van der Waals surface area contributed by atoms with Gasteiger partial charge in [-0.3, -0.25) is 10.3 Å². The minimum absolute atomic E-state index is 0.0698. The molecule has 0 radical (unpaired) electrons. The normalized spacial score (nSPS) is 11.1. The summed E-state index contributed by atoms with van der Waals surface area (Å²) in [6, 6.07) is 7.99. The Morgan fingerprint density at radius 3 is 2.95 bits per heavy atom. The minimum Gasteiger partial charge on any atom is -0.430 e. The topological polar surface area (TPSA) is 94.0 Å². The van der Waals surface area contributed by atoms with Crippen molar-refractivity contribution in [2.45, 2.75) is 0 Å². The molecule has 7 heteroatoms. The Labute approximate surface area is 118 Å². The lowest BCUT2D eigenvalue weighted by Gasteiger charge is -2.11. The molecular formula is C14H11N5O2. The van der Waals surface area contributed by atoms with Gasteiger partial charge in [0.1, 0.15) is 6.26 Å². The van der Waals surface area contributed by atoms with E-state index in [1.165, 1.54) is 12.5 Å². The number of hydrogen-bond acceptors (Lipinski definition) is 5. The summed E-state index contributed by atoms with van der Waals surface area (Å²) >= 11 is 0. The molecule has 0 aliphatic carbocycles. The highest BCUT2D eigenvalue weighted by atomic mass is 16.5. The van der Waals surface area contributed by atoms with E-state index in [0.29, 0.717) is 5.82 Å². The largest absolute Gasteiger partial charge is 0.430 e. The average molecular weight is 281 g/mol. The van der Waals surface area contributed by atoms with Gasteiger partial charge in [0, 0.05) is 28.2 Å². The molecule has 0 unspecified atom stereocenters. The number of aromatic amines is 2. The highest BCUT2D eigenvalue weighted by Gasteiger charge is 2.20. The molecule has 1 aromatic carbocycles. The van der Waals surface area contributed by atoms with Crippen molar-refractivity contribution in [2.24, 2.45) is 0 Å². The first-order chi connectivity index (χ1) is 10.3. The van der Waals surface area contributed by atoms with Crippen LogP contribution in [-0.4, -0.2) is 25.4 Å². The van der Waals surface area contributed by atoms with Crippen LogP contribution >= 0.6 is 0 Å². The van der Waals surface area contributed by atoms with E-state index in [4.69, 9.17) is 4.42 Å². The molecule has 4 aromatic rings. The maximum Gasteiger partial charge on any atom is 0.328 e. The summed E-state index contributed by atoms with van der Waals surface area (Å²) in [5, 5.41) is 18.9. The van der Waals surface area contributed by atoms with Gasteiger partial charge in [-0.1, -0.05) is 18.2 Å². The lowest BCUT2D eigenvalue weighted by molar-refractivity contribution is 0.270. The number of nitrogens with one attached hydrogen (secondary N) is 2. The molecule has 21 heavy (non-hydrogen) atoms. The summed E-state index contributed by atoms with van der Waals surface area (Å²) in [6.07, 6.45) is 6.38. The standard InChI is InChI=1S/C14H11N5O2/c20-19(14-15-5-6-21-14)13-11(8-17-18-13)10-7-16-12-4-2-1-3-9(10)12/h1-8,16,20H,(H,17,18). The Morgan fingerprint density at radius 2 is 2.10 bits per heavy atom. The number of rotatable bonds is 3. The first-order valence-corrected chi connectivity index (χ1v) is 6.33. The van der Waals surface area contributed by atoms with Gasteiger partial charge in [0.15, 0.2) is 5.82 Å². The van der Waals surface area contributed by atoms with Crippen LogP contribution in [0.15, 0.2) is 53.5 Å². The van der Waals surface area contributed by atoms with Crippen molar-refractivity contribution < 1.29 is 9.62 Å². The summed E-state index contributed by atoms with van der Waals surface area (Å²) < 4.78 is 5.09. The number of para-hydroxylation sites is 1. The van der Waals surface area contributed by atoms with E-state index >= 15 is 0 Å². The van der Waals surface area contributed by atoms with Crippen LogP contribution in [-0.2, 0) is 0 Å². The Hall–Kier alpha value is -3.06. The van der Waals surface area contributed by atoms with Crippen molar-refractivity contribution in [3.05, 3.63) is 49.1 Å². The van der Waals surface area contributed by atoms with Crippen molar-refractivity contribution in [3.8, 4) is 11.1 Å². The Balaban J connectivity index is 1.85. The third kappa shape index (κ3) is 1.79. The molecule has 0 aliphatic rings. The third-order valence-corrected chi connectivity index (χ3v) is 3.31. The predicted molar refractivity (Wildman–Crippen MR) is 76.3 cm³/mol. The zero-order valence-electron chi connectivity index (χ0n) is 10.8. The molecule has 0 amide bonds. The van der Waals surface area contributed by atoms with Crippen LogP contribution in [0.3, 0.4) is 0 Å². The number of hydrogen-bond donors (Lipinski definition) is 3. The summed E-state index contributed by atoms with van der Waals surface area (Å²) in [5.74, 6) is 0.391. The zero-order chi connectivity index (χ0) is 14.2. The summed E-state index contributed by atoms with van der Waals surface area (Å²) in [6.45, 7) is 0. The van der Waals surface area contributed by atoms with Gasteiger partial charge in [0.25, 0.3) is 0 Å². The van der Waals surface area contributed by atoms with Gasteiger partial charge in [0.2, 0.25) is 0 Å².